The van der Waals surface area contributed by atoms with Crippen LogP contribution in [0.25, 0.3) is 0 Å². The summed E-state index contributed by atoms with van der Waals surface area (Å²) in [6, 6.07) is 7.42. The Bertz CT molecular complexity index is 554. The molecule has 106 valence electrons. The molecule has 0 fully saturated rings. The second kappa shape index (κ2) is 6.70. The molecule has 6 nitrogen and oxygen atoms in total. The number of hydrogen-bond acceptors (Lipinski definition) is 4. The van der Waals surface area contributed by atoms with Gasteiger partial charge in [0.05, 0.1) is 7.11 Å². The highest BCUT2D eigenvalue weighted by molar-refractivity contribution is 5.79. The fourth-order valence-corrected chi connectivity index (χ4v) is 1.92. The van der Waals surface area contributed by atoms with E-state index in [4.69, 9.17) is 4.74 Å². The number of ether oxygens (including phenoxy) is 1. The number of methoxy groups -OCH3 is 1. The fraction of sp³-hybridized carbons (Fsp3) is 0.357. The molecule has 6 heteroatoms. The van der Waals surface area contributed by atoms with Crippen LogP contribution in [0.4, 0.5) is 0 Å². The topological polar surface area (TPSA) is 69.0 Å². The minimum atomic E-state index is -0.366. The summed E-state index contributed by atoms with van der Waals surface area (Å²) in [5.41, 5.74) is 1.07. The average Bonchev–Trinajstić information content (AvgIpc) is 3.01. The Morgan fingerprint density at radius 1 is 1.45 bits per heavy atom. The summed E-state index contributed by atoms with van der Waals surface area (Å²) in [4.78, 5) is 15.8. The third kappa shape index (κ3) is 3.34. The number of amides is 1. The molecule has 2 aromatic rings. The Morgan fingerprint density at radius 2 is 2.25 bits per heavy atom. The third-order valence-corrected chi connectivity index (χ3v) is 3.10. The summed E-state index contributed by atoms with van der Waals surface area (Å²) in [6.45, 7) is 2.34. The highest BCUT2D eigenvalue weighted by atomic mass is 16.5. The summed E-state index contributed by atoms with van der Waals surface area (Å²) in [5, 5.41) is 6.84. The highest BCUT2D eigenvalue weighted by Crippen LogP contribution is 2.17. The zero-order valence-corrected chi connectivity index (χ0v) is 11.6. The number of carbonyl (C=O) groups is 1. The third-order valence-electron chi connectivity index (χ3n) is 3.10. The SMILES string of the molecule is COc1ccccc1CCNC(=O)C(C)n1cncn1. The van der Waals surface area contributed by atoms with Crippen molar-refractivity contribution < 1.29 is 9.53 Å². The normalized spacial score (nSPS) is 11.9. The number of carbonyl (C=O) groups excluding carboxylic acids is 1. The summed E-state index contributed by atoms with van der Waals surface area (Å²) in [7, 11) is 1.64. The molecule has 20 heavy (non-hydrogen) atoms. The first kappa shape index (κ1) is 14.0. The predicted molar refractivity (Wildman–Crippen MR) is 74.4 cm³/mol. The summed E-state index contributed by atoms with van der Waals surface area (Å²) < 4.78 is 6.80. The van der Waals surface area contributed by atoms with Gasteiger partial charge in [-0.3, -0.25) is 4.79 Å². The van der Waals surface area contributed by atoms with E-state index in [0.29, 0.717) is 6.54 Å². The molecule has 0 bridgehead atoms. The van der Waals surface area contributed by atoms with Crippen molar-refractivity contribution in [1.29, 1.82) is 0 Å². The van der Waals surface area contributed by atoms with Crippen LogP contribution in [0, 0.1) is 0 Å². The van der Waals surface area contributed by atoms with Crippen LogP contribution in [0.3, 0.4) is 0 Å². The lowest BCUT2D eigenvalue weighted by atomic mass is 10.1. The maximum absolute atomic E-state index is 12.0. The molecule has 0 saturated heterocycles. The predicted octanol–water partition coefficient (Wildman–Crippen LogP) is 1.21. The van der Waals surface area contributed by atoms with E-state index in [1.807, 2.05) is 24.3 Å². The van der Waals surface area contributed by atoms with Crippen LogP contribution in [0.5, 0.6) is 5.75 Å². The molecular formula is C14H18N4O2. The van der Waals surface area contributed by atoms with Gasteiger partial charge < -0.3 is 10.1 Å². The zero-order chi connectivity index (χ0) is 14.4. The van der Waals surface area contributed by atoms with Crippen LogP contribution >= 0.6 is 0 Å². The van der Waals surface area contributed by atoms with Gasteiger partial charge in [0.1, 0.15) is 24.4 Å². The minimum absolute atomic E-state index is 0.0783. The van der Waals surface area contributed by atoms with Crippen LogP contribution < -0.4 is 10.1 Å². The van der Waals surface area contributed by atoms with Crippen molar-refractivity contribution in [1.82, 2.24) is 20.1 Å². The molecule has 1 atom stereocenters. The molecule has 0 aliphatic rings. The standard InChI is InChI=1S/C14H18N4O2/c1-11(18-10-15-9-17-18)14(19)16-8-7-12-5-3-4-6-13(12)20-2/h3-6,9-11H,7-8H2,1-2H3,(H,16,19). The van der Waals surface area contributed by atoms with Crippen molar-refractivity contribution in [2.24, 2.45) is 0 Å². The number of para-hydroxylation sites is 1. The molecule has 1 amide bonds. The van der Waals surface area contributed by atoms with Gasteiger partial charge in [-0.05, 0) is 25.0 Å². The zero-order valence-electron chi connectivity index (χ0n) is 11.6. The molecule has 1 N–H and O–H groups in total. The van der Waals surface area contributed by atoms with Crippen molar-refractivity contribution in [3.8, 4) is 5.75 Å². The van der Waals surface area contributed by atoms with Gasteiger partial charge in [-0.25, -0.2) is 9.67 Å². The lowest BCUT2D eigenvalue weighted by Crippen LogP contribution is -2.32. The molecule has 1 aromatic heterocycles. The van der Waals surface area contributed by atoms with Gasteiger partial charge in [0.25, 0.3) is 0 Å². The molecule has 0 aliphatic heterocycles. The van der Waals surface area contributed by atoms with Crippen molar-refractivity contribution in [3.63, 3.8) is 0 Å². The van der Waals surface area contributed by atoms with Gasteiger partial charge in [-0.1, -0.05) is 18.2 Å². The number of benzene rings is 1. The summed E-state index contributed by atoms with van der Waals surface area (Å²) in [5.74, 6) is 0.761. The molecule has 2 rings (SSSR count). The van der Waals surface area contributed by atoms with Gasteiger partial charge in [0, 0.05) is 6.54 Å². The van der Waals surface area contributed by atoms with E-state index in [1.54, 1.807) is 14.0 Å². The Morgan fingerprint density at radius 3 is 2.95 bits per heavy atom. The quantitative estimate of drug-likeness (QED) is 0.859. The molecular weight excluding hydrogens is 256 g/mol. The van der Waals surface area contributed by atoms with E-state index in [0.717, 1.165) is 17.7 Å². The molecule has 0 radical (unpaired) electrons. The van der Waals surface area contributed by atoms with Crippen LogP contribution in [0.1, 0.15) is 18.5 Å². The van der Waals surface area contributed by atoms with Gasteiger partial charge >= 0.3 is 0 Å². The van der Waals surface area contributed by atoms with Crippen LogP contribution in [0.2, 0.25) is 0 Å². The summed E-state index contributed by atoms with van der Waals surface area (Å²) >= 11 is 0. The number of hydrogen-bond donors (Lipinski definition) is 1. The minimum Gasteiger partial charge on any atom is -0.496 e. The number of rotatable bonds is 6. The van der Waals surface area contributed by atoms with Gasteiger partial charge in [-0.2, -0.15) is 5.10 Å². The highest BCUT2D eigenvalue weighted by Gasteiger charge is 2.14. The Labute approximate surface area is 117 Å². The smallest absolute Gasteiger partial charge is 0.244 e. The van der Waals surface area contributed by atoms with E-state index in [1.165, 1.54) is 17.3 Å². The second-order valence-electron chi connectivity index (χ2n) is 4.40. The van der Waals surface area contributed by atoms with Crippen molar-refractivity contribution in [2.75, 3.05) is 13.7 Å². The van der Waals surface area contributed by atoms with E-state index in [-0.39, 0.29) is 11.9 Å². The maximum Gasteiger partial charge on any atom is 0.244 e. The van der Waals surface area contributed by atoms with Crippen LogP contribution in [0.15, 0.2) is 36.9 Å². The monoisotopic (exact) mass is 274 g/mol. The van der Waals surface area contributed by atoms with Crippen LogP contribution in [-0.4, -0.2) is 34.3 Å². The van der Waals surface area contributed by atoms with E-state index in [9.17, 15) is 4.79 Å². The molecule has 1 aromatic carbocycles. The van der Waals surface area contributed by atoms with Crippen molar-refractivity contribution in [3.05, 3.63) is 42.5 Å². The molecule has 1 heterocycles. The number of aromatic nitrogens is 3. The molecule has 1 unspecified atom stereocenters. The lowest BCUT2D eigenvalue weighted by molar-refractivity contribution is -0.124. The van der Waals surface area contributed by atoms with Crippen molar-refractivity contribution in [2.45, 2.75) is 19.4 Å². The van der Waals surface area contributed by atoms with Gasteiger partial charge in [0.15, 0.2) is 0 Å². The number of nitrogens with one attached hydrogen (secondary N) is 1. The Hall–Kier alpha value is -2.37. The molecule has 0 aliphatic carbocycles. The first-order valence-corrected chi connectivity index (χ1v) is 6.46. The first-order chi connectivity index (χ1) is 9.72. The number of nitrogens with zero attached hydrogens (tertiary/aromatic N) is 3. The van der Waals surface area contributed by atoms with E-state index < -0.39 is 0 Å². The van der Waals surface area contributed by atoms with E-state index in [2.05, 4.69) is 15.4 Å². The van der Waals surface area contributed by atoms with Gasteiger partial charge in [-0.15, -0.1) is 0 Å². The Balaban J connectivity index is 1.85. The lowest BCUT2D eigenvalue weighted by Gasteiger charge is -2.13. The maximum atomic E-state index is 12.0. The van der Waals surface area contributed by atoms with Crippen LogP contribution in [-0.2, 0) is 11.2 Å². The molecule has 0 saturated carbocycles. The largest absolute Gasteiger partial charge is 0.496 e. The summed E-state index contributed by atoms with van der Waals surface area (Å²) in [6.07, 6.45) is 3.67. The van der Waals surface area contributed by atoms with Crippen molar-refractivity contribution >= 4 is 5.91 Å². The Kier molecular flexibility index (Phi) is 4.70. The van der Waals surface area contributed by atoms with E-state index >= 15 is 0 Å². The first-order valence-electron chi connectivity index (χ1n) is 6.46. The molecule has 0 spiro atoms. The fourth-order valence-electron chi connectivity index (χ4n) is 1.92. The second-order valence-corrected chi connectivity index (χ2v) is 4.40. The average molecular weight is 274 g/mol. The van der Waals surface area contributed by atoms with Gasteiger partial charge in [0.2, 0.25) is 5.91 Å².